The summed E-state index contributed by atoms with van der Waals surface area (Å²) in [6.07, 6.45) is 7.40. The first-order valence-electron chi connectivity index (χ1n) is 10.0. The molecule has 0 radical (unpaired) electrons. The molecule has 2 heterocycles. The van der Waals surface area contributed by atoms with Gasteiger partial charge in [0.15, 0.2) is 0 Å². The highest BCUT2D eigenvalue weighted by Gasteiger charge is 2.36. The number of nitrogens with zero attached hydrogens (tertiary/aromatic N) is 1. The molecule has 0 unspecified atom stereocenters. The van der Waals surface area contributed by atoms with Crippen molar-refractivity contribution in [3.05, 3.63) is 41.6 Å². The van der Waals surface area contributed by atoms with E-state index >= 15 is 0 Å². The molecule has 4 heteroatoms. The van der Waals surface area contributed by atoms with Crippen LogP contribution >= 0.6 is 0 Å². The normalized spacial score (nSPS) is 22.4. The Labute approximate surface area is 155 Å². The first-order valence-corrected chi connectivity index (χ1v) is 10.0. The van der Waals surface area contributed by atoms with E-state index in [1.54, 1.807) is 0 Å². The zero-order valence-corrected chi connectivity index (χ0v) is 16.0. The van der Waals surface area contributed by atoms with Gasteiger partial charge in [-0.05, 0) is 48.6 Å². The van der Waals surface area contributed by atoms with Crippen LogP contribution in [0.25, 0.3) is 16.5 Å². The van der Waals surface area contributed by atoms with E-state index in [0.29, 0.717) is 6.04 Å². The molecule has 0 spiro atoms. The van der Waals surface area contributed by atoms with Crippen LogP contribution in [-0.2, 0) is 11.2 Å². The monoisotopic (exact) mass is 351 g/mol. The number of fused-ring (bicyclic) bond motifs is 2. The number of hydrogen-bond acceptors (Lipinski definition) is 2. The van der Waals surface area contributed by atoms with E-state index in [9.17, 15) is 4.79 Å². The molecule has 4 nitrogen and oxygen atoms in total. The predicted octanol–water partition coefficient (Wildman–Crippen LogP) is 3.73. The van der Waals surface area contributed by atoms with Crippen LogP contribution in [0.15, 0.2) is 30.5 Å². The van der Waals surface area contributed by atoms with Crippen molar-refractivity contribution in [2.45, 2.75) is 52.1 Å². The summed E-state index contributed by atoms with van der Waals surface area (Å²) in [4.78, 5) is 18.8. The van der Waals surface area contributed by atoms with Gasteiger partial charge >= 0.3 is 0 Å². The summed E-state index contributed by atoms with van der Waals surface area (Å²) in [5.74, 6) is 0.104. The third-order valence-corrected chi connectivity index (χ3v) is 6.20. The number of aromatic amines is 1. The quantitative estimate of drug-likeness (QED) is 0.862. The predicted molar refractivity (Wildman–Crippen MR) is 107 cm³/mol. The molecule has 2 aromatic rings. The van der Waals surface area contributed by atoms with Gasteiger partial charge in [-0.2, -0.15) is 0 Å². The van der Waals surface area contributed by atoms with Gasteiger partial charge in [-0.15, -0.1) is 0 Å². The maximum absolute atomic E-state index is 12.9. The van der Waals surface area contributed by atoms with E-state index in [2.05, 4.69) is 66.4 Å². The second-order valence-electron chi connectivity index (χ2n) is 7.60. The lowest BCUT2D eigenvalue weighted by Gasteiger charge is -2.41. The van der Waals surface area contributed by atoms with Crippen molar-refractivity contribution in [2.24, 2.45) is 5.92 Å². The van der Waals surface area contributed by atoms with Crippen LogP contribution in [0.5, 0.6) is 0 Å². The molecule has 1 aromatic heterocycles. The molecular weight excluding hydrogens is 322 g/mol. The van der Waals surface area contributed by atoms with Crippen molar-refractivity contribution in [3.63, 3.8) is 0 Å². The van der Waals surface area contributed by atoms with Gasteiger partial charge < -0.3 is 10.3 Å². The molecule has 0 saturated heterocycles. The van der Waals surface area contributed by atoms with Gasteiger partial charge in [-0.25, -0.2) is 0 Å². The number of H-pyrrole nitrogens is 1. The largest absolute Gasteiger partial charge is 0.361 e. The van der Waals surface area contributed by atoms with Crippen molar-refractivity contribution in [3.8, 4) is 0 Å². The highest BCUT2D eigenvalue weighted by molar-refractivity contribution is 5.99. The minimum atomic E-state index is -0.0717. The van der Waals surface area contributed by atoms with Crippen molar-refractivity contribution in [2.75, 3.05) is 13.1 Å². The minimum absolute atomic E-state index is 0.0717. The summed E-state index contributed by atoms with van der Waals surface area (Å²) in [7, 11) is 0. The average molecular weight is 351 g/mol. The second-order valence-corrected chi connectivity index (χ2v) is 7.60. The third kappa shape index (κ3) is 2.77. The van der Waals surface area contributed by atoms with Crippen LogP contribution in [0.2, 0.25) is 0 Å². The number of aromatic nitrogens is 1. The molecule has 0 fully saturated rings. The van der Waals surface area contributed by atoms with Gasteiger partial charge in [0.25, 0.3) is 0 Å². The molecule has 0 bridgehead atoms. The van der Waals surface area contributed by atoms with E-state index in [-0.39, 0.29) is 17.9 Å². The van der Waals surface area contributed by atoms with Crippen LogP contribution in [0, 0.1) is 5.92 Å². The average Bonchev–Trinajstić information content (AvgIpc) is 3.09. The van der Waals surface area contributed by atoms with Gasteiger partial charge in [-0.1, -0.05) is 39.0 Å². The third-order valence-electron chi connectivity index (χ3n) is 6.20. The van der Waals surface area contributed by atoms with E-state index in [1.165, 1.54) is 27.6 Å². The van der Waals surface area contributed by atoms with E-state index < -0.39 is 0 Å². The molecule has 1 amide bonds. The fourth-order valence-corrected chi connectivity index (χ4v) is 4.64. The number of carbonyl (C=O) groups is 1. The van der Waals surface area contributed by atoms with E-state index in [4.69, 9.17) is 0 Å². The molecular formula is C22H29N3O. The van der Waals surface area contributed by atoms with Crippen molar-refractivity contribution in [1.82, 2.24) is 15.2 Å². The van der Waals surface area contributed by atoms with E-state index in [0.717, 1.165) is 32.4 Å². The molecule has 0 saturated carbocycles. The number of rotatable bonds is 5. The summed E-state index contributed by atoms with van der Waals surface area (Å²) < 4.78 is 0. The first kappa shape index (κ1) is 17.3. The summed E-state index contributed by atoms with van der Waals surface area (Å²) in [5, 5.41) is 4.59. The summed E-state index contributed by atoms with van der Waals surface area (Å²) in [6, 6.07) is 7.13. The second kappa shape index (κ2) is 6.92. The molecule has 4 rings (SSSR count). The SMILES string of the molecule is CCC(CC)NC(=O)[C@@H]1C=C2c3cccc4[nH]cc(c34)C[C@H]2N(CC)C1. The molecule has 1 aliphatic heterocycles. The Morgan fingerprint density at radius 2 is 2.12 bits per heavy atom. The highest BCUT2D eigenvalue weighted by Crippen LogP contribution is 2.41. The fraction of sp³-hybridized carbons (Fsp3) is 0.500. The topological polar surface area (TPSA) is 48.1 Å². The molecule has 26 heavy (non-hydrogen) atoms. The Hall–Kier alpha value is -2.07. The Kier molecular flexibility index (Phi) is 4.62. The number of nitrogens with one attached hydrogen (secondary N) is 2. The lowest BCUT2D eigenvalue weighted by atomic mass is 9.79. The van der Waals surface area contributed by atoms with Crippen LogP contribution in [0.3, 0.4) is 0 Å². The van der Waals surface area contributed by atoms with Crippen LogP contribution < -0.4 is 5.32 Å². The molecule has 138 valence electrons. The van der Waals surface area contributed by atoms with Crippen LogP contribution in [-0.4, -0.2) is 41.0 Å². The number of carbonyl (C=O) groups excluding carboxylic acids is 1. The molecule has 1 aliphatic carbocycles. The summed E-state index contributed by atoms with van der Waals surface area (Å²) in [6.45, 7) is 8.25. The van der Waals surface area contributed by atoms with Crippen LogP contribution in [0.1, 0.15) is 44.7 Å². The van der Waals surface area contributed by atoms with Gasteiger partial charge in [0.1, 0.15) is 0 Å². The zero-order valence-electron chi connectivity index (χ0n) is 16.0. The van der Waals surface area contributed by atoms with Gasteiger partial charge in [-0.3, -0.25) is 9.69 Å². The molecule has 2 N–H and O–H groups in total. The maximum atomic E-state index is 12.9. The Balaban J connectivity index is 1.73. The Bertz CT molecular complexity index is 846. The number of amides is 1. The van der Waals surface area contributed by atoms with Gasteiger partial charge in [0.05, 0.1) is 5.92 Å². The smallest absolute Gasteiger partial charge is 0.228 e. The Morgan fingerprint density at radius 3 is 2.85 bits per heavy atom. The maximum Gasteiger partial charge on any atom is 0.228 e. The number of benzene rings is 1. The standard InChI is InChI=1S/C22H29N3O/c1-4-16(5-2)24-22(26)15-10-18-17-8-7-9-19-21(17)14(12-23-19)11-20(18)25(6-3)13-15/h7-10,12,15-16,20,23H,4-6,11,13H2,1-3H3,(H,24,26)/t15-,20-/m1/s1. The number of likely N-dealkylation sites (N-methyl/N-ethyl adjacent to an activating group) is 1. The Morgan fingerprint density at radius 1 is 1.31 bits per heavy atom. The summed E-state index contributed by atoms with van der Waals surface area (Å²) in [5.41, 5.74) is 5.23. The zero-order chi connectivity index (χ0) is 18.3. The van der Waals surface area contributed by atoms with Gasteiger partial charge in [0, 0.05) is 35.7 Å². The first-order chi connectivity index (χ1) is 12.7. The van der Waals surface area contributed by atoms with Gasteiger partial charge in [0.2, 0.25) is 5.91 Å². The molecule has 1 aromatic carbocycles. The van der Waals surface area contributed by atoms with Crippen molar-refractivity contribution >= 4 is 22.4 Å². The van der Waals surface area contributed by atoms with Crippen molar-refractivity contribution < 1.29 is 4.79 Å². The molecule has 2 atom stereocenters. The lowest BCUT2D eigenvalue weighted by molar-refractivity contribution is -0.125. The summed E-state index contributed by atoms with van der Waals surface area (Å²) >= 11 is 0. The lowest BCUT2D eigenvalue weighted by Crippen LogP contribution is -2.49. The van der Waals surface area contributed by atoms with Crippen LogP contribution in [0.4, 0.5) is 0 Å². The minimum Gasteiger partial charge on any atom is -0.361 e. The van der Waals surface area contributed by atoms with Crippen molar-refractivity contribution in [1.29, 1.82) is 0 Å². The highest BCUT2D eigenvalue weighted by atomic mass is 16.2. The fourth-order valence-electron chi connectivity index (χ4n) is 4.64. The van der Waals surface area contributed by atoms with E-state index in [1.807, 2.05) is 0 Å². The molecule has 2 aliphatic rings. The number of hydrogen-bond donors (Lipinski definition) is 2.